The van der Waals surface area contributed by atoms with E-state index >= 15 is 0 Å². The molecule has 2 saturated carbocycles. The van der Waals surface area contributed by atoms with Crippen molar-refractivity contribution < 1.29 is 14.7 Å². The molecule has 1 aromatic carbocycles. The zero-order valence-corrected chi connectivity index (χ0v) is 13.1. The quantitative estimate of drug-likeness (QED) is 0.898. The molecule has 0 aliphatic heterocycles. The fourth-order valence-corrected chi connectivity index (χ4v) is 4.27. The lowest BCUT2D eigenvalue weighted by Gasteiger charge is -2.28. The fourth-order valence-electron chi connectivity index (χ4n) is 4.27. The number of carbonyl (C=O) groups excluding carboxylic acids is 1. The van der Waals surface area contributed by atoms with E-state index in [2.05, 4.69) is 5.32 Å². The van der Waals surface area contributed by atoms with E-state index < -0.39 is 11.9 Å². The number of fused-ring (bicyclic) bond motifs is 2. The van der Waals surface area contributed by atoms with Gasteiger partial charge in [0.05, 0.1) is 17.9 Å². The lowest BCUT2D eigenvalue weighted by molar-refractivity contribution is -0.149. The standard InChI is InChI=1S/C18H23NO3/c1-10-3-5-12(6-4-10)11(2)19-17(20)15-13-7-8-14(9-13)16(15)18(21)22/h3-6,11,13-16H,7-9H2,1-2H3,(H,19,20)(H,21,22). The van der Waals surface area contributed by atoms with Crippen LogP contribution in [-0.4, -0.2) is 17.0 Å². The van der Waals surface area contributed by atoms with Crippen LogP contribution >= 0.6 is 0 Å². The molecule has 2 aliphatic rings. The van der Waals surface area contributed by atoms with E-state index in [9.17, 15) is 14.7 Å². The Morgan fingerprint density at radius 1 is 1.14 bits per heavy atom. The first kappa shape index (κ1) is 15.1. The van der Waals surface area contributed by atoms with Crippen LogP contribution < -0.4 is 5.32 Å². The van der Waals surface area contributed by atoms with E-state index in [0.29, 0.717) is 0 Å². The van der Waals surface area contributed by atoms with E-state index in [1.165, 1.54) is 5.56 Å². The van der Waals surface area contributed by atoms with Gasteiger partial charge in [0.1, 0.15) is 0 Å². The molecule has 2 aliphatic carbocycles. The molecule has 0 spiro atoms. The first-order chi connectivity index (χ1) is 10.5. The number of carboxylic acid groups (broad SMARTS) is 1. The smallest absolute Gasteiger partial charge is 0.307 e. The van der Waals surface area contributed by atoms with E-state index in [1.807, 2.05) is 38.1 Å². The molecule has 1 amide bonds. The molecule has 4 nitrogen and oxygen atoms in total. The maximum absolute atomic E-state index is 12.6. The third kappa shape index (κ3) is 2.62. The summed E-state index contributed by atoms with van der Waals surface area (Å²) in [6, 6.07) is 7.97. The SMILES string of the molecule is Cc1ccc(C(C)NC(=O)C2C3CCC(C3)C2C(=O)O)cc1. The Hall–Kier alpha value is -1.84. The van der Waals surface area contributed by atoms with Crippen LogP contribution in [0.4, 0.5) is 0 Å². The summed E-state index contributed by atoms with van der Waals surface area (Å²) >= 11 is 0. The number of nitrogens with one attached hydrogen (secondary N) is 1. The lowest BCUT2D eigenvalue weighted by atomic mass is 9.78. The highest BCUT2D eigenvalue weighted by Gasteiger charge is 2.54. The van der Waals surface area contributed by atoms with E-state index in [0.717, 1.165) is 24.8 Å². The van der Waals surface area contributed by atoms with E-state index in [1.54, 1.807) is 0 Å². The molecular formula is C18H23NO3. The van der Waals surface area contributed by atoms with Gasteiger partial charge in [-0.25, -0.2) is 0 Å². The second-order valence-corrected chi connectivity index (χ2v) is 6.86. The summed E-state index contributed by atoms with van der Waals surface area (Å²) < 4.78 is 0. The number of carbonyl (C=O) groups is 2. The Labute approximate surface area is 130 Å². The van der Waals surface area contributed by atoms with Crippen molar-refractivity contribution in [3.63, 3.8) is 0 Å². The Morgan fingerprint density at radius 3 is 2.32 bits per heavy atom. The predicted molar refractivity (Wildman–Crippen MR) is 83.2 cm³/mol. The van der Waals surface area contributed by atoms with Gasteiger partial charge < -0.3 is 10.4 Å². The predicted octanol–water partition coefficient (Wildman–Crippen LogP) is 2.92. The van der Waals surface area contributed by atoms with Crippen molar-refractivity contribution in [3.05, 3.63) is 35.4 Å². The molecule has 1 aromatic rings. The number of hydrogen-bond donors (Lipinski definition) is 2. The number of amides is 1. The molecule has 5 unspecified atom stereocenters. The van der Waals surface area contributed by atoms with Crippen LogP contribution in [0.3, 0.4) is 0 Å². The molecule has 3 rings (SSSR count). The summed E-state index contributed by atoms with van der Waals surface area (Å²) in [7, 11) is 0. The summed E-state index contributed by atoms with van der Waals surface area (Å²) in [4.78, 5) is 24.1. The number of benzene rings is 1. The van der Waals surface area contributed by atoms with Crippen molar-refractivity contribution in [3.8, 4) is 0 Å². The molecule has 4 heteroatoms. The molecule has 0 radical (unpaired) electrons. The van der Waals surface area contributed by atoms with Gasteiger partial charge in [-0.3, -0.25) is 9.59 Å². The van der Waals surface area contributed by atoms with Crippen molar-refractivity contribution in [2.75, 3.05) is 0 Å². The monoisotopic (exact) mass is 301 g/mol. The summed E-state index contributed by atoms with van der Waals surface area (Å²) in [6.07, 6.45) is 2.85. The molecule has 0 aromatic heterocycles. The number of aliphatic carboxylic acids is 1. The van der Waals surface area contributed by atoms with Crippen molar-refractivity contribution in [2.45, 2.75) is 39.2 Å². The molecule has 2 N–H and O–H groups in total. The van der Waals surface area contributed by atoms with E-state index in [4.69, 9.17) is 0 Å². The average molecular weight is 301 g/mol. The van der Waals surface area contributed by atoms with Crippen molar-refractivity contribution in [1.29, 1.82) is 0 Å². The lowest BCUT2D eigenvalue weighted by Crippen LogP contribution is -2.42. The number of hydrogen-bond acceptors (Lipinski definition) is 2. The van der Waals surface area contributed by atoms with Gasteiger partial charge >= 0.3 is 5.97 Å². The highest BCUT2D eigenvalue weighted by molar-refractivity contribution is 5.86. The minimum atomic E-state index is -0.810. The van der Waals surface area contributed by atoms with Crippen LogP contribution in [0.5, 0.6) is 0 Å². The molecule has 118 valence electrons. The largest absolute Gasteiger partial charge is 0.481 e. The van der Waals surface area contributed by atoms with Gasteiger partial charge in [-0.15, -0.1) is 0 Å². The maximum Gasteiger partial charge on any atom is 0.307 e. The Kier molecular flexibility index (Phi) is 3.94. The highest BCUT2D eigenvalue weighted by atomic mass is 16.4. The Balaban J connectivity index is 1.71. The number of rotatable bonds is 4. The molecule has 2 bridgehead atoms. The summed E-state index contributed by atoms with van der Waals surface area (Å²) in [6.45, 7) is 3.98. The summed E-state index contributed by atoms with van der Waals surface area (Å²) in [5.41, 5.74) is 2.23. The minimum absolute atomic E-state index is 0.0901. The Bertz CT molecular complexity index is 580. The van der Waals surface area contributed by atoms with Crippen molar-refractivity contribution >= 4 is 11.9 Å². The van der Waals surface area contributed by atoms with Crippen LogP contribution in [0.25, 0.3) is 0 Å². The molecule has 0 heterocycles. The van der Waals surface area contributed by atoms with Crippen LogP contribution in [0.15, 0.2) is 24.3 Å². The second-order valence-electron chi connectivity index (χ2n) is 6.86. The summed E-state index contributed by atoms with van der Waals surface area (Å²) in [5.74, 6) is -1.32. The molecule has 0 saturated heterocycles. The molecular weight excluding hydrogens is 278 g/mol. The van der Waals surface area contributed by atoms with Gasteiger partial charge in [-0.05, 0) is 50.5 Å². The number of carboxylic acids is 1. The van der Waals surface area contributed by atoms with Crippen molar-refractivity contribution in [2.24, 2.45) is 23.7 Å². The van der Waals surface area contributed by atoms with Gasteiger partial charge in [0.15, 0.2) is 0 Å². The van der Waals surface area contributed by atoms with Gasteiger partial charge in [0.25, 0.3) is 0 Å². The van der Waals surface area contributed by atoms with Crippen LogP contribution in [0.2, 0.25) is 0 Å². The molecule has 22 heavy (non-hydrogen) atoms. The average Bonchev–Trinajstić information content (AvgIpc) is 3.08. The Morgan fingerprint density at radius 2 is 1.73 bits per heavy atom. The first-order valence-electron chi connectivity index (χ1n) is 8.07. The van der Waals surface area contributed by atoms with E-state index in [-0.39, 0.29) is 29.7 Å². The van der Waals surface area contributed by atoms with Crippen molar-refractivity contribution in [1.82, 2.24) is 5.32 Å². The third-order valence-corrected chi connectivity index (χ3v) is 5.44. The van der Waals surface area contributed by atoms with Crippen LogP contribution in [-0.2, 0) is 9.59 Å². The van der Waals surface area contributed by atoms with Crippen LogP contribution in [0, 0.1) is 30.6 Å². The highest BCUT2D eigenvalue weighted by Crippen LogP contribution is 2.52. The topological polar surface area (TPSA) is 66.4 Å². The van der Waals surface area contributed by atoms with Gasteiger partial charge in [-0.1, -0.05) is 29.8 Å². The third-order valence-electron chi connectivity index (χ3n) is 5.44. The second kappa shape index (κ2) is 5.75. The maximum atomic E-state index is 12.6. The van der Waals surface area contributed by atoms with Crippen LogP contribution in [0.1, 0.15) is 43.4 Å². The number of aryl methyl sites for hydroxylation is 1. The zero-order chi connectivity index (χ0) is 15.9. The van der Waals surface area contributed by atoms with Gasteiger partial charge in [0.2, 0.25) is 5.91 Å². The van der Waals surface area contributed by atoms with Gasteiger partial charge in [0, 0.05) is 0 Å². The normalized spacial score (nSPS) is 31.0. The molecule has 5 atom stereocenters. The van der Waals surface area contributed by atoms with Gasteiger partial charge in [-0.2, -0.15) is 0 Å². The summed E-state index contributed by atoms with van der Waals surface area (Å²) in [5, 5.41) is 12.5. The minimum Gasteiger partial charge on any atom is -0.481 e. The first-order valence-corrected chi connectivity index (χ1v) is 8.07. The zero-order valence-electron chi connectivity index (χ0n) is 13.1. The fraction of sp³-hybridized carbons (Fsp3) is 0.556. The molecule has 2 fully saturated rings.